The van der Waals surface area contributed by atoms with Crippen LogP contribution < -0.4 is 0 Å². The van der Waals surface area contributed by atoms with E-state index >= 15 is 0 Å². The summed E-state index contributed by atoms with van der Waals surface area (Å²) in [5.41, 5.74) is -1.58. The highest BCUT2D eigenvalue weighted by Crippen LogP contribution is 2.42. The summed E-state index contributed by atoms with van der Waals surface area (Å²) in [6.45, 7) is 11.6. The van der Waals surface area contributed by atoms with Crippen molar-refractivity contribution in [3.8, 4) is 0 Å². The molecule has 150 valence electrons. The maximum Gasteiger partial charge on any atom is 0.233 e. The van der Waals surface area contributed by atoms with E-state index < -0.39 is 11.0 Å². The van der Waals surface area contributed by atoms with Crippen LogP contribution in [0.3, 0.4) is 0 Å². The molecule has 4 heteroatoms. The summed E-state index contributed by atoms with van der Waals surface area (Å²) in [4.78, 5) is 38.9. The summed E-state index contributed by atoms with van der Waals surface area (Å²) < 4.78 is 0. The molecule has 1 rings (SSSR count). The molecule has 0 aromatic heterocycles. The van der Waals surface area contributed by atoms with Crippen LogP contribution >= 0.6 is 0 Å². The van der Waals surface area contributed by atoms with E-state index in [4.69, 9.17) is 0 Å². The Morgan fingerprint density at radius 3 is 2.12 bits per heavy atom. The SMILES string of the molecule is CCCCCCC(CCCC)C1CC(=O)N(C(C)(C)C(C)(C)C=O)C1=O. The fourth-order valence-corrected chi connectivity index (χ4v) is 3.89. The average molecular weight is 366 g/mol. The minimum absolute atomic E-state index is 0.0634. The number of aldehydes is 1. The van der Waals surface area contributed by atoms with Crippen LogP contribution in [0.25, 0.3) is 0 Å². The number of likely N-dealkylation sites (tertiary alicyclic amines) is 1. The van der Waals surface area contributed by atoms with Crippen molar-refractivity contribution in [1.82, 2.24) is 4.90 Å². The van der Waals surface area contributed by atoms with Gasteiger partial charge in [-0.3, -0.25) is 14.5 Å². The lowest BCUT2D eigenvalue weighted by molar-refractivity contribution is -0.152. The lowest BCUT2D eigenvalue weighted by atomic mass is 9.74. The Morgan fingerprint density at radius 1 is 1.00 bits per heavy atom. The number of rotatable bonds is 12. The zero-order valence-corrected chi connectivity index (χ0v) is 17.8. The maximum atomic E-state index is 13.2. The van der Waals surface area contributed by atoms with E-state index in [0.29, 0.717) is 6.42 Å². The van der Waals surface area contributed by atoms with Gasteiger partial charge >= 0.3 is 0 Å². The van der Waals surface area contributed by atoms with Crippen molar-refractivity contribution in [2.75, 3.05) is 0 Å². The van der Waals surface area contributed by atoms with Gasteiger partial charge in [0.2, 0.25) is 11.8 Å². The largest absolute Gasteiger partial charge is 0.303 e. The van der Waals surface area contributed by atoms with Crippen molar-refractivity contribution in [2.45, 2.75) is 105 Å². The lowest BCUT2D eigenvalue weighted by Gasteiger charge is -2.43. The van der Waals surface area contributed by atoms with Gasteiger partial charge in [-0.15, -0.1) is 0 Å². The quantitative estimate of drug-likeness (QED) is 0.273. The summed E-state index contributed by atoms with van der Waals surface area (Å²) in [6.07, 6.45) is 10.2. The molecule has 1 saturated heterocycles. The van der Waals surface area contributed by atoms with Crippen LogP contribution in [0.4, 0.5) is 0 Å². The van der Waals surface area contributed by atoms with E-state index in [1.165, 1.54) is 24.2 Å². The van der Waals surface area contributed by atoms with Crippen molar-refractivity contribution in [1.29, 1.82) is 0 Å². The second-order valence-corrected chi connectivity index (χ2v) is 9.03. The summed E-state index contributed by atoms with van der Waals surface area (Å²) in [5.74, 6) is -0.109. The molecule has 1 heterocycles. The Bertz CT molecular complexity index is 496. The van der Waals surface area contributed by atoms with Crippen LogP contribution in [0.1, 0.15) is 99.3 Å². The minimum atomic E-state index is -0.810. The molecule has 2 unspecified atom stereocenters. The number of amides is 2. The molecule has 0 saturated carbocycles. The smallest absolute Gasteiger partial charge is 0.233 e. The van der Waals surface area contributed by atoms with E-state index in [-0.39, 0.29) is 23.7 Å². The van der Waals surface area contributed by atoms with Gasteiger partial charge in [-0.25, -0.2) is 0 Å². The molecular formula is C22H39NO3. The first-order valence-electron chi connectivity index (χ1n) is 10.5. The molecule has 0 spiro atoms. The number of carbonyl (C=O) groups excluding carboxylic acids is 3. The molecule has 0 aromatic carbocycles. The van der Waals surface area contributed by atoms with Crippen LogP contribution in [-0.4, -0.2) is 28.5 Å². The zero-order valence-electron chi connectivity index (χ0n) is 17.8. The highest BCUT2D eigenvalue weighted by atomic mass is 16.2. The first kappa shape index (κ1) is 22.9. The number of nitrogens with zero attached hydrogens (tertiary/aromatic N) is 1. The number of hydrogen-bond acceptors (Lipinski definition) is 3. The van der Waals surface area contributed by atoms with Crippen molar-refractivity contribution >= 4 is 18.1 Å². The average Bonchev–Trinajstić information content (AvgIpc) is 2.89. The molecular weight excluding hydrogens is 326 g/mol. The molecule has 26 heavy (non-hydrogen) atoms. The molecule has 1 aliphatic heterocycles. The summed E-state index contributed by atoms with van der Waals surface area (Å²) in [6, 6.07) is 0. The van der Waals surface area contributed by atoms with Gasteiger partial charge in [0.1, 0.15) is 6.29 Å². The van der Waals surface area contributed by atoms with Crippen molar-refractivity contribution in [2.24, 2.45) is 17.3 Å². The van der Waals surface area contributed by atoms with Gasteiger partial charge in [-0.2, -0.15) is 0 Å². The van der Waals surface area contributed by atoms with Gasteiger partial charge in [0, 0.05) is 11.8 Å². The third-order valence-electron chi connectivity index (χ3n) is 6.54. The molecule has 0 N–H and O–H groups in total. The van der Waals surface area contributed by atoms with E-state index in [1.807, 2.05) is 13.8 Å². The Labute approximate surface area is 160 Å². The molecule has 2 atom stereocenters. The van der Waals surface area contributed by atoms with Gasteiger partial charge in [-0.05, 0) is 32.6 Å². The number of imide groups is 1. The lowest BCUT2D eigenvalue weighted by Crippen LogP contribution is -2.57. The van der Waals surface area contributed by atoms with Gasteiger partial charge in [0.05, 0.1) is 11.5 Å². The summed E-state index contributed by atoms with van der Waals surface area (Å²) in [5, 5.41) is 0. The second kappa shape index (κ2) is 9.66. The Morgan fingerprint density at radius 2 is 1.58 bits per heavy atom. The van der Waals surface area contributed by atoms with Crippen molar-refractivity contribution < 1.29 is 14.4 Å². The summed E-state index contributed by atoms with van der Waals surface area (Å²) in [7, 11) is 0. The molecule has 0 aliphatic carbocycles. The molecule has 1 fully saturated rings. The Kier molecular flexibility index (Phi) is 8.49. The fraction of sp³-hybridized carbons (Fsp3) is 0.864. The van der Waals surface area contributed by atoms with Crippen LogP contribution in [-0.2, 0) is 14.4 Å². The Balaban J connectivity index is 2.96. The summed E-state index contributed by atoms with van der Waals surface area (Å²) >= 11 is 0. The molecule has 0 bridgehead atoms. The van der Waals surface area contributed by atoms with Gasteiger partial charge in [-0.1, -0.05) is 66.2 Å². The molecule has 4 nitrogen and oxygen atoms in total. The van der Waals surface area contributed by atoms with E-state index in [0.717, 1.165) is 38.4 Å². The number of carbonyl (C=O) groups is 3. The highest BCUT2D eigenvalue weighted by Gasteiger charge is 2.53. The minimum Gasteiger partial charge on any atom is -0.303 e. The topological polar surface area (TPSA) is 54.5 Å². The highest BCUT2D eigenvalue weighted by molar-refractivity contribution is 6.04. The van der Waals surface area contributed by atoms with Crippen LogP contribution in [0.15, 0.2) is 0 Å². The predicted octanol–water partition coefficient (Wildman–Crippen LogP) is 5.14. The molecule has 0 aromatic rings. The molecule has 1 aliphatic rings. The predicted molar refractivity (Wildman–Crippen MR) is 106 cm³/mol. The van der Waals surface area contributed by atoms with Crippen LogP contribution in [0.5, 0.6) is 0 Å². The second-order valence-electron chi connectivity index (χ2n) is 9.03. The van der Waals surface area contributed by atoms with Crippen LogP contribution in [0.2, 0.25) is 0 Å². The van der Waals surface area contributed by atoms with E-state index in [1.54, 1.807) is 13.8 Å². The van der Waals surface area contributed by atoms with E-state index in [2.05, 4.69) is 13.8 Å². The first-order chi connectivity index (χ1) is 12.1. The molecule has 0 radical (unpaired) electrons. The number of unbranched alkanes of at least 4 members (excludes halogenated alkanes) is 4. The third-order valence-corrected chi connectivity index (χ3v) is 6.54. The van der Waals surface area contributed by atoms with Gasteiger partial charge < -0.3 is 4.79 Å². The van der Waals surface area contributed by atoms with Gasteiger partial charge in [0.15, 0.2) is 0 Å². The zero-order chi connectivity index (χ0) is 20.0. The normalized spacial score (nSPS) is 19.9. The first-order valence-corrected chi connectivity index (χ1v) is 10.5. The van der Waals surface area contributed by atoms with Crippen molar-refractivity contribution in [3.05, 3.63) is 0 Å². The number of hydrogen-bond donors (Lipinski definition) is 0. The standard InChI is InChI=1S/C22H39NO3/c1-7-9-11-12-14-17(13-10-8-2)18-15-19(25)23(20(18)26)22(5,6)21(3,4)16-24/h16-18H,7-15H2,1-6H3. The molecule has 2 amide bonds. The van der Waals surface area contributed by atoms with E-state index in [9.17, 15) is 14.4 Å². The van der Waals surface area contributed by atoms with Crippen molar-refractivity contribution in [3.63, 3.8) is 0 Å². The third kappa shape index (κ3) is 4.95. The monoisotopic (exact) mass is 365 g/mol. The fourth-order valence-electron chi connectivity index (χ4n) is 3.89. The van der Waals surface area contributed by atoms with Crippen LogP contribution in [0, 0.1) is 17.3 Å². The van der Waals surface area contributed by atoms with Gasteiger partial charge in [0.25, 0.3) is 0 Å². The Hall–Kier alpha value is -1.19. The maximum absolute atomic E-state index is 13.2.